The van der Waals surface area contributed by atoms with Gasteiger partial charge >= 0.3 is 0 Å². The number of hydrogen-bond donors (Lipinski definition) is 1. The second-order valence-corrected chi connectivity index (χ2v) is 5.70. The van der Waals surface area contributed by atoms with Crippen LogP contribution in [0, 0.1) is 0 Å². The summed E-state index contributed by atoms with van der Waals surface area (Å²) in [5.41, 5.74) is 0. The maximum Gasteiger partial charge on any atom is 0.139 e. The fourth-order valence-corrected chi connectivity index (χ4v) is 2.55. The van der Waals surface area contributed by atoms with E-state index in [1.807, 2.05) is 12.1 Å². The molecule has 2 nitrogen and oxygen atoms in total. The van der Waals surface area contributed by atoms with E-state index in [-0.39, 0.29) is 0 Å². The highest BCUT2D eigenvalue weighted by Crippen LogP contribution is 2.22. The van der Waals surface area contributed by atoms with Gasteiger partial charge in [0.25, 0.3) is 0 Å². The van der Waals surface area contributed by atoms with Gasteiger partial charge in [-0.1, -0.05) is 11.6 Å². The second kappa shape index (κ2) is 5.10. The van der Waals surface area contributed by atoms with Crippen molar-refractivity contribution < 1.29 is 4.79 Å². The van der Waals surface area contributed by atoms with Crippen molar-refractivity contribution in [2.75, 3.05) is 6.54 Å². The smallest absolute Gasteiger partial charge is 0.139 e. The molecule has 1 aromatic rings. The molecule has 2 rings (SSSR count). The van der Waals surface area contributed by atoms with Crippen LogP contribution in [0.1, 0.15) is 24.1 Å². The normalized spacial score (nSPS) is 15.5. The molecule has 82 valence electrons. The Labute approximate surface area is 98.6 Å². The van der Waals surface area contributed by atoms with Crippen molar-refractivity contribution in [3.63, 3.8) is 0 Å². The maximum absolute atomic E-state index is 11.5. The number of hydrogen-bond acceptors (Lipinski definition) is 3. The van der Waals surface area contributed by atoms with E-state index in [0.29, 0.717) is 24.7 Å². The molecule has 0 amide bonds. The molecular formula is C11H14ClNOS. The van der Waals surface area contributed by atoms with Crippen LogP contribution in [-0.2, 0) is 11.2 Å². The molecule has 0 saturated heterocycles. The molecule has 15 heavy (non-hydrogen) atoms. The van der Waals surface area contributed by atoms with Gasteiger partial charge in [0.2, 0.25) is 0 Å². The van der Waals surface area contributed by atoms with Gasteiger partial charge in [-0.3, -0.25) is 4.79 Å². The summed E-state index contributed by atoms with van der Waals surface area (Å²) in [6.07, 6.45) is 3.71. The van der Waals surface area contributed by atoms with Gasteiger partial charge in [-0.25, -0.2) is 0 Å². The van der Waals surface area contributed by atoms with Crippen LogP contribution in [0.3, 0.4) is 0 Å². The van der Waals surface area contributed by atoms with Crippen molar-refractivity contribution in [1.82, 2.24) is 5.32 Å². The Bertz CT molecular complexity index is 346. The summed E-state index contributed by atoms with van der Waals surface area (Å²) in [5, 5.41) is 3.33. The van der Waals surface area contributed by atoms with Crippen molar-refractivity contribution in [2.45, 2.75) is 31.7 Å². The van der Waals surface area contributed by atoms with Crippen molar-refractivity contribution >= 4 is 28.7 Å². The Kier molecular flexibility index (Phi) is 3.78. The summed E-state index contributed by atoms with van der Waals surface area (Å²) in [6.45, 7) is 0.822. The molecule has 4 heteroatoms. The fourth-order valence-electron chi connectivity index (χ4n) is 1.43. The summed E-state index contributed by atoms with van der Waals surface area (Å²) in [7, 11) is 0. The minimum Gasteiger partial charge on any atom is -0.314 e. The quantitative estimate of drug-likeness (QED) is 0.832. The average Bonchev–Trinajstić information content (AvgIpc) is 2.91. The Hall–Kier alpha value is -0.380. The van der Waals surface area contributed by atoms with Gasteiger partial charge in [-0.05, 0) is 25.0 Å². The number of nitrogens with one attached hydrogen (secondary N) is 1. The van der Waals surface area contributed by atoms with E-state index in [9.17, 15) is 4.79 Å². The molecule has 1 saturated carbocycles. The third-order valence-electron chi connectivity index (χ3n) is 2.41. The lowest BCUT2D eigenvalue weighted by molar-refractivity contribution is -0.118. The molecule has 0 aromatic carbocycles. The summed E-state index contributed by atoms with van der Waals surface area (Å²) in [6, 6.07) is 4.46. The molecule has 1 fully saturated rings. The lowest BCUT2D eigenvalue weighted by Gasteiger charge is -2.00. The molecule has 1 N–H and O–H groups in total. The average molecular weight is 244 g/mol. The van der Waals surface area contributed by atoms with Crippen LogP contribution in [0.5, 0.6) is 0 Å². The lowest BCUT2D eigenvalue weighted by Crippen LogP contribution is -2.20. The maximum atomic E-state index is 11.5. The van der Waals surface area contributed by atoms with Gasteiger partial charge in [0.1, 0.15) is 5.78 Å². The summed E-state index contributed by atoms with van der Waals surface area (Å²) < 4.78 is 0.758. The molecule has 0 unspecified atom stereocenters. The van der Waals surface area contributed by atoms with Crippen molar-refractivity contribution in [3.8, 4) is 0 Å². The van der Waals surface area contributed by atoms with Crippen molar-refractivity contribution in [1.29, 1.82) is 0 Å². The monoisotopic (exact) mass is 243 g/mol. The van der Waals surface area contributed by atoms with Gasteiger partial charge in [0.05, 0.1) is 4.34 Å². The predicted molar refractivity (Wildman–Crippen MR) is 63.7 cm³/mol. The number of Topliss-reactive ketones (excluding diaryl/α,β-unsaturated/α-hetero) is 1. The SMILES string of the molecule is O=C(CCNC1CC1)Cc1ccc(Cl)s1. The summed E-state index contributed by atoms with van der Waals surface area (Å²) >= 11 is 7.29. The van der Waals surface area contributed by atoms with Crippen LogP contribution in [0.4, 0.5) is 0 Å². The zero-order valence-corrected chi connectivity index (χ0v) is 10.0. The van der Waals surface area contributed by atoms with Crippen LogP contribution < -0.4 is 5.32 Å². The van der Waals surface area contributed by atoms with Gasteiger partial charge in [0.15, 0.2) is 0 Å². The Morgan fingerprint density at radius 1 is 1.53 bits per heavy atom. The Morgan fingerprint density at radius 2 is 2.33 bits per heavy atom. The number of thiophene rings is 1. The van der Waals surface area contributed by atoms with E-state index in [0.717, 1.165) is 15.8 Å². The third kappa shape index (κ3) is 3.93. The number of ketones is 1. The molecular weight excluding hydrogens is 230 g/mol. The van der Waals surface area contributed by atoms with Crippen LogP contribution in [0.2, 0.25) is 4.34 Å². The molecule has 0 bridgehead atoms. The first kappa shape index (κ1) is 11.1. The summed E-state index contributed by atoms with van der Waals surface area (Å²) in [5.74, 6) is 0.293. The molecule has 1 heterocycles. The molecule has 0 spiro atoms. The fraction of sp³-hybridized carbons (Fsp3) is 0.545. The van der Waals surface area contributed by atoms with E-state index in [1.165, 1.54) is 24.2 Å². The van der Waals surface area contributed by atoms with Crippen LogP contribution >= 0.6 is 22.9 Å². The van der Waals surface area contributed by atoms with Crippen molar-refractivity contribution in [3.05, 3.63) is 21.3 Å². The molecule has 0 radical (unpaired) electrons. The number of carbonyl (C=O) groups excluding carboxylic acids is 1. The third-order valence-corrected chi connectivity index (χ3v) is 3.65. The first-order valence-corrected chi connectivity index (χ1v) is 6.43. The van der Waals surface area contributed by atoms with Crippen LogP contribution in [0.15, 0.2) is 12.1 Å². The highest BCUT2D eigenvalue weighted by molar-refractivity contribution is 7.16. The minimum absolute atomic E-state index is 0.293. The zero-order chi connectivity index (χ0) is 10.7. The van der Waals surface area contributed by atoms with E-state index in [1.54, 1.807) is 0 Å². The highest BCUT2D eigenvalue weighted by atomic mass is 35.5. The predicted octanol–water partition coefficient (Wildman–Crippen LogP) is 2.66. The van der Waals surface area contributed by atoms with Gasteiger partial charge in [-0.2, -0.15) is 0 Å². The van der Waals surface area contributed by atoms with Crippen LogP contribution in [0.25, 0.3) is 0 Å². The topological polar surface area (TPSA) is 29.1 Å². The Balaban J connectivity index is 1.67. The van der Waals surface area contributed by atoms with E-state index in [2.05, 4.69) is 5.32 Å². The second-order valence-electron chi connectivity index (χ2n) is 3.90. The number of carbonyl (C=O) groups is 1. The minimum atomic E-state index is 0.293. The van der Waals surface area contributed by atoms with E-state index < -0.39 is 0 Å². The molecule has 1 aliphatic rings. The van der Waals surface area contributed by atoms with Gasteiger partial charge < -0.3 is 5.32 Å². The molecule has 0 aliphatic heterocycles. The van der Waals surface area contributed by atoms with E-state index >= 15 is 0 Å². The zero-order valence-electron chi connectivity index (χ0n) is 8.46. The lowest BCUT2D eigenvalue weighted by atomic mass is 10.2. The van der Waals surface area contributed by atoms with Gasteiger partial charge in [-0.15, -0.1) is 11.3 Å². The number of rotatable bonds is 6. The standard InChI is InChI=1S/C11H14ClNOS/c12-11-4-3-10(15-11)7-9(14)5-6-13-8-1-2-8/h3-4,8,13H,1-2,5-7H2. The first-order valence-electron chi connectivity index (χ1n) is 5.23. The van der Waals surface area contributed by atoms with E-state index in [4.69, 9.17) is 11.6 Å². The largest absolute Gasteiger partial charge is 0.314 e. The summed E-state index contributed by atoms with van der Waals surface area (Å²) in [4.78, 5) is 12.6. The number of halogens is 1. The molecule has 1 aromatic heterocycles. The Morgan fingerprint density at radius 3 is 2.93 bits per heavy atom. The highest BCUT2D eigenvalue weighted by Gasteiger charge is 2.20. The molecule has 0 atom stereocenters. The first-order chi connectivity index (χ1) is 7.24. The van der Waals surface area contributed by atoms with Crippen LogP contribution in [-0.4, -0.2) is 18.4 Å². The van der Waals surface area contributed by atoms with Crippen molar-refractivity contribution in [2.24, 2.45) is 0 Å². The molecule has 1 aliphatic carbocycles. The van der Waals surface area contributed by atoms with Gasteiger partial charge in [0, 0.05) is 30.3 Å².